The van der Waals surface area contributed by atoms with Gasteiger partial charge in [-0.25, -0.2) is 0 Å². The summed E-state index contributed by atoms with van der Waals surface area (Å²) in [5.41, 5.74) is 18.6. The predicted octanol–water partition coefficient (Wildman–Crippen LogP) is 33.6. The minimum atomic E-state index is 1.11. The van der Waals surface area contributed by atoms with Gasteiger partial charge in [-0.3, -0.25) is 0 Å². The first-order valence-electron chi connectivity index (χ1n) is 38.7. The van der Waals surface area contributed by atoms with Gasteiger partial charge in [0.25, 0.3) is 0 Å². The molecule has 23 rings (SSSR count). The maximum absolute atomic E-state index is 2.44. The monoisotopic (exact) mass is 1560 g/mol. The van der Waals surface area contributed by atoms with E-state index in [1.807, 2.05) is 56.7 Å². The van der Waals surface area contributed by atoms with Crippen molar-refractivity contribution in [2.45, 2.75) is 0 Å². The van der Waals surface area contributed by atoms with Gasteiger partial charge in [0.1, 0.15) is 0 Å². The summed E-state index contributed by atoms with van der Waals surface area (Å²) in [5.74, 6) is 0. The fourth-order valence-corrected chi connectivity index (χ4v) is 22.6. The highest BCUT2D eigenvalue weighted by Gasteiger charge is 2.23. The van der Waals surface area contributed by atoms with Gasteiger partial charge in [0.2, 0.25) is 0 Å². The Morgan fingerprint density at radius 2 is 0.400 bits per heavy atom. The van der Waals surface area contributed by atoms with Gasteiger partial charge in [-0.1, -0.05) is 231 Å². The summed E-state index contributed by atoms with van der Waals surface area (Å²) < 4.78 is 13.0. The Hall–Kier alpha value is -13.5. The molecule has 5 aromatic heterocycles. The molecule has 542 valence electrons. The van der Waals surface area contributed by atoms with Gasteiger partial charge in [0.05, 0.1) is 0 Å². The number of anilines is 12. The third-order valence-corrected chi connectivity index (χ3v) is 28.0. The van der Waals surface area contributed by atoms with Crippen molar-refractivity contribution in [3.05, 3.63) is 413 Å². The normalized spacial score (nSPS) is 11.7. The SMILES string of the molecule is c1ccc(N(c2ccccc2)c2ccc3sc4cc(N(c5ccc(-c6cccc7ccccc67)cc5)c5ccc(-c6cccc7c6sc6ccccc67)cc5)ccc4c3c2)cc1.c1ccc(N(c2ccccc2)c2ccc3sc4cc(N(c5ccc6c(c5)sc5ccccc56)c5ccc6sc7ccccc7c6c5)ccc4c3c2)cc1. The van der Waals surface area contributed by atoms with Crippen LogP contribution in [0.4, 0.5) is 68.2 Å². The highest BCUT2D eigenvalue weighted by molar-refractivity contribution is 7.27. The van der Waals surface area contributed by atoms with Crippen LogP contribution in [0.1, 0.15) is 0 Å². The Morgan fingerprint density at radius 1 is 0.139 bits per heavy atom. The minimum absolute atomic E-state index is 1.11. The maximum Gasteiger partial charge on any atom is 0.0476 e. The molecule has 115 heavy (non-hydrogen) atoms. The van der Waals surface area contributed by atoms with Crippen molar-refractivity contribution in [3.63, 3.8) is 0 Å². The molecule has 0 aliphatic heterocycles. The quantitative estimate of drug-likeness (QED) is 0.108. The number of hydrogen-bond acceptors (Lipinski definition) is 9. The molecule has 0 spiro atoms. The molecular weight excluding hydrogens is 1490 g/mol. The summed E-state index contributed by atoms with van der Waals surface area (Å²) >= 11 is 9.33. The van der Waals surface area contributed by atoms with Crippen LogP contribution in [0.5, 0.6) is 0 Å². The molecule has 0 aliphatic rings. The van der Waals surface area contributed by atoms with E-state index in [-0.39, 0.29) is 0 Å². The van der Waals surface area contributed by atoms with E-state index >= 15 is 0 Å². The zero-order chi connectivity index (χ0) is 75.9. The largest absolute Gasteiger partial charge is 0.310 e. The average Bonchev–Trinajstić information content (AvgIpc) is 1.64. The van der Waals surface area contributed by atoms with Gasteiger partial charge in [-0.2, -0.15) is 0 Å². The number of rotatable bonds is 14. The molecule has 18 aromatic carbocycles. The Morgan fingerprint density at radius 3 is 0.843 bits per heavy atom. The van der Waals surface area contributed by atoms with Gasteiger partial charge < -0.3 is 19.6 Å². The molecule has 0 fully saturated rings. The van der Waals surface area contributed by atoms with Gasteiger partial charge in [-0.05, 0) is 215 Å². The lowest BCUT2D eigenvalue weighted by Crippen LogP contribution is -2.09. The first-order chi connectivity index (χ1) is 57.0. The molecule has 0 bridgehead atoms. The van der Waals surface area contributed by atoms with E-state index in [9.17, 15) is 0 Å². The van der Waals surface area contributed by atoms with E-state index in [0.29, 0.717) is 0 Å². The second-order valence-electron chi connectivity index (χ2n) is 29.1. The van der Waals surface area contributed by atoms with E-state index < -0.39 is 0 Å². The minimum Gasteiger partial charge on any atom is -0.310 e. The van der Waals surface area contributed by atoms with Crippen molar-refractivity contribution < 1.29 is 0 Å². The highest BCUT2D eigenvalue weighted by Crippen LogP contribution is 2.50. The molecule has 23 aromatic rings. The lowest BCUT2D eigenvalue weighted by atomic mass is 9.98. The van der Waals surface area contributed by atoms with Crippen molar-refractivity contribution in [3.8, 4) is 22.3 Å². The van der Waals surface area contributed by atoms with Crippen LogP contribution in [0.25, 0.3) is 134 Å². The summed E-state index contributed by atoms with van der Waals surface area (Å²) in [6.07, 6.45) is 0. The molecular formula is C106H68N4S5. The van der Waals surface area contributed by atoms with E-state index in [4.69, 9.17) is 0 Å². The summed E-state index contributed by atoms with van der Waals surface area (Å²) in [6, 6.07) is 151. The number of nitrogens with zero attached hydrogens (tertiary/aromatic N) is 4. The van der Waals surface area contributed by atoms with Gasteiger partial charge in [-0.15, -0.1) is 56.7 Å². The van der Waals surface area contributed by atoms with Crippen LogP contribution < -0.4 is 19.6 Å². The van der Waals surface area contributed by atoms with Crippen LogP contribution in [0, 0.1) is 0 Å². The van der Waals surface area contributed by atoms with Crippen LogP contribution in [0.3, 0.4) is 0 Å². The van der Waals surface area contributed by atoms with Crippen molar-refractivity contribution in [1.29, 1.82) is 0 Å². The van der Waals surface area contributed by atoms with Crippen molar-refractivity contribution in [2.75, 3.05) is 19.6 Å². The number of benzene rings is 18. The Balaban J connectivity index is 0.000000142. The summed E-state index contributed by atoms with van der Waals surface area (Å²) in [5, 5.41) is 15.5. The predicted molar refractivity (Wildman–Crippen MR) is 504 cm³/mol. The molecule has 9 heteroatoms. The molecule has 0 saturated carbocycles. The van der Waals surface area contributed by atoms with Crippen LogP contribution >= 0.6 is 56.7 Å². The molecule has 0 N–H and O–H groups in total. The van der Waals surface area contributed by atoms with Crippen molar-refractivity contribution >= 4 is 237 Å². The van der Waals surface area contributed by atoms with E-state index in [1.54, 1.807) is 0 Å². The lowest BCUT2D eigenvalue weighted by molar-refractivity contribution is 1.29. The topological polar surface area (TPSA) is 13.0 Å². The number of hydrogen-bond donors (Lipinski definition) is 0. The number of thiophene rings is 5. The molecule has 0 unspecified atom stereocenters. The molecule has 0 aliphatic carbocycles. The van der Waals surface area contributed by atoms with Gasteiger partial charge >= 0.3 is 0 Å². The van der Waals surface area contributed by atoms with Crippen LogP contribution in [0.2, 0.25) is 0 Å². The van der Waals surface area contributed by atoms with E-state index in [1.165, 1.54) is 134 Å². The second-order valence-corrected chi connectivity index (χ2v) is 34.5. The average molecular weight is 1560 g/mol. The van der Waals surface area contributed by atoms with Gasteiger partial charge in [0.15, 0.2) is 0 Å². The van der Waals surface area contributed by atoms with Crippen LogP contribution in [0.15, 0.2) is 413 Å². The van der Waals surface area contributed by atoms with Crippen molar-refractivity contribution in [2.24, 2.45) is 0 Å². The van der Waals surface area contributed by atoms with Crippen LogP contribution in [-0.4, -0.2) is 0 Å². The van der Waals surface area contributed by atoms with E-state index in [2.05, 4.69) is 432 Å². The lowest BCUT2D eigenvalue weighted by Gasteiger charge is -2.26. The molecule has 0 atom stereocenters. The first-order valence-corrected chi connectivity index (χ1v) is 42.8. The zero-order valence-electron chi connectivity index (χ0n) is 62.1. The first kappa shape index (κ1) is 68.3. The molecule has 4 nitrogen and oxygen atoms in total. The Bertz CT molecular complexity index is 7530. The second kappa shape index (κ2) is 28.9. The highest BCUT2D eigenvalue weighted by atomic mass is 32.1. The molecule has 0 amide bonds. The van der Waals surface area contributed by atoms with Crippen molar-refractivity contribution in [1.82, 2.24) is 0 Å². The zero-order valence-corrected chi connectivity index (χ0v) is 66.2. The molecule has 0 saturated heterocycles. The summed E-state index contributed by atoms with van der Waals surface area (Å²) in [7, 11) is 0. The summed E-state index contributed by atoms with van der Waals surface area (Å²) in [4.78, 5) is 9.52. The Labute approximate surface area is 685 Å². The number of para-hydroxylation sites is 4. The Kier molecular flexibility index (Phi) is 17.2. The van der Waals surface area contributed by atoms with E-state index in [0.717, 1.165) is 68.2 Å². The van der Waals surface area contributed by atoms with Gasteiger partial charge in [0, 0.05) is 169 Å². The standard InChI is InChI=1S/C58H38N2S2.C48H30N2S3/c1-3-15-42(16-4-1)59(43-17-5-2-6-18-43)46-34-36-56-54(37-46)52-35-33-47(38-57(52)61-56)60(44-29-25-40(26-30-44)49-21-11-14-39-13-7-8-19-48(39)49)45-31-27-41(28-32-45)50-22-12-23-53-51-20-9-10-24-55(51)62-58(50)53;1-3-11-31(12-4-1)49(32-13-5-2-6-14-32)33-21-26-46-42(27-33)40-24-20-36(30-48(40)53-46)50(34-22-25-45-41(28-34)38-16-8-10-18-44(38)51-45)35-19-23-39-37-15-7-9-17-43(37)52-47(39)29-35/h1-38H;1-30H. The third-order valence-electron chi connectivity index (χ3n) is 22.3. The maximum atomic E-state index is 2.44. The van der Waals surface area contributed by atoms with Crippen LogP contribution in [-0.2, 0) is 0 Å². The fourth-order valence-electron chi connectivity index (χ4n) is 16.9. The summed E-state index contributed by atoms with van der Waals surface area (Å²) in [6.45, 7) is 0. The smallest absolute Gasteiger partial charge is 0.0476 e. The molecule has 0 radical (unpaired) electrons. The fraction of sp³-hybridized carbons (Fsp3) is 0. The molecule has 5 heterocycles. The number of fused-ring (bicyclic) bond motifs is 16. The third kappa shape index (κ3) is 12.4.